The van der Waals surface area contributed by atoms with Gasteiger partial charge in [0.15, 0.2) is 5.82 Å². The lowest BCUT2D eigenvalue weighted by molar-refractivity contribution is -0.132. The highest BCUT2D eigenvalue weighted by Gasteiger charge is 2.46. The van der Waals surface area contributed by atoms with Crippen molar-refractivity contribution in [1.29, 1.82) is 0 Å². The zero-order chi connectivity index (χ0) is 18.8. The Morgan fingerprint density at radius 2 is 2.04 bits per heavy atom. The van der Waals surface area contributed by atoms with Crippen molar-refractivity contribution in [2.45, 2.75) is 50.1 Å². The summed E-state index contributed by atoms with van der Waals surface area (Å²) in [6.07, 6.45) is 4.77. The lowest BCUT2D eigenvalue weighted by Crippen LogP contribution is -2.48. The van der Waals surface area contributed by atoms with Crippen LogP contribution in [0.3, 0.4) is 0 Å². The van der Waals surface area contributed by atoms with Crippen LogP contribution >= 0.6 is 0 Å². The molecule has 7 nitrogen and oxygen atoms in total. The molecule has 2 N–H and O–H groups in total. The molecular weight excluding hydrogens is 342 g/mol. The van der Waals surface area contributed by atoms with Gasteiger partial charge in [0.05, 0.1) is 6.42 Å². The molecule has 0 bridgehead atoms. The number of carbonyl (C=O) groups is 1. The Morgan fingerprint density at radius 3 is 2.78 bits per heavy atom. The first-order valence-corrected chi connectivity index (χ1v) is 9.76. The van der Waals surface area contributed by atoms with Crippen molar-refractivity contribution in [2.75, 3.05) is 25.9 Å². The predicted molar refractivity (Wildman–Crippen MR) is 102 cm³/mol. The molecule has 0 aliphatic carbocycles. The summed E-state index contributed by atoms with van der Waals surface area (Å²) in [5.41, 5.74) is 7.49. The van der Waals surface area contributed by atoms with Gasteiger partial charge in [0, 0.05) is 24.5 Å². The van der Waals surface area contributed by atoms with Crippen molar-refractivity contribution in [1.82, 2.24) is 20.1 Å². The topological polar surface area (TPSA) is 88.5 Å². The third-order valence-corrected chi connectivity index (χ3v) is 6.07. The van der Waals surface area contributed by atoms with Gasteiger partial charge >= 0.3 is 0 Å². The Balaban J connectivity index is 1.63. The summed E-state index contributed by atoms with van der Waals surface area (Å²) in [7, 11) is 2.20. The van der Waals surface area contributed by atoms with Gasteiger partial charge in [-0.05, 0) is 37.2 Å². The van der Waals surface area contributed by atoms with Crippen LogP contribution in [-0.2, 0) is 11.2 Å². The van der Waals surface area contributed by atoms with Gasteiger partial charge in [0.25, 0.3) is 0 Å². The van der Waals surface area contributed by atoms with E-state index in [2.05, 4.69) is 56.1 Å². The highest BCUT2D eigenvalue weighted by Crippen LogP contribution is 2.38. The Kier molecular flexibility index (Phi) is 5.11. The van der Waals surface area contributed by atoms with Gasteiger partial charge < -0.3 is 15.5 Å². The van der Waals surface area contributed by atoms with Crippen LogP contribution in [0.5, 0.6) is 0 Å². The second-order valence-corrected chi connectivity index (χ2v) is 7.72. The number of hydrogen-bond donors (Lipinski definition) is 1. The summed E-state index contributed by atoms with van der Waals surface area (Å²) in [6, 6.07) is 11.1. The van der Waals surface area contributed by atoms with Crippen molar-refractivity contribution in [2.24, 2.45) is 0 Å². The number of rotatable bonds is 3. The highest BCUT2D eigenvalue weighted by atomic mass is 16.6. The van der Waals surface area contributed by atoms with E-state index in [0.29, 0.717) is 17.7 Å². The number of aromatic nitrogens is 2. The van der Waals surface area contributed by atoms with E-state index >= 15 is 0 Å². The number of likely N-dealkylation sites (N-methyl/N-ethyl adjacent to an activating group) is 1. The molecule has 1 aromatic heterocycles. The molecule has 0 unspecified atom stereocenters. The van der Waals surface area contributed by atoms with Gasteiger partial charge in [-0.2, -0.15) is 0 Å². The highest BCUT2D eigenvalue weighted by molar-refractivity contribution is 5.80. The molecule has 3 atom stereocenters. The third-order valence-electron chi connectivity index (χ3n) is 6.07. The molecule has 1 aromatic carbocycles. The summed E-state index contributed by atoms with van der Waals surface area (Å²) >= 11 is 0. The van der Waals surface area contributed by atoms with E-state index in [9.17, 15) is 4.79 Å². The zero-order valence-corrected chi connectivity index (χ0v) is 15.8. The number of anilines is 1. The van der Waals surface area contributed by atoms with Crippen molar-refractivity contribution >= 4 is 11.7 Å². The zero-order valence-electron chi connectivity index (χ0n) is 15.8. The third kappa shape index (κ3) is 3.56. The maximum absolute atomic E-state index is 13.1. The molecule has 0 saturated carbocycles. The molecule has 1 amide bonds. The maximum Gasteiger partial charge on any atom is 0.229 e. The molecule has 0 radical (unpaired) electrons. The molecule has 2 aliphatic heterocycles. The largest absolute Gasteiger partial charge is 0.379 e. The summed E-state index contributed by atoms with van der Waals surface area (Å²) in [5, 5.41) is 7.38. The van der Waals surface area contributed by atoms with Gasteiger partial charge in [-0.3, -0.25) is 4.79 Å². The number of nitrogens with zero attached hydrogens (tertiary/aromatic N) is 4. The first-order valence-electron chi connectivity index (χ1n) is 9.76. The van der Waals surface area contributed by atoms with E-state index in [1.807, 2.05) is 6.07 Å². The second kappa shape index (κ2) is 7.68. The van der Waals surface area contributed by atoms with Gasteiger partial charge in [-0.25, -0.2) is 4.63 Å². The lowest BCUT2D eigenvalue weighted by atomic mass is 9.87. The summed E-state index contributed by atoms with van der Waals surface area (Å²) in [5.74, 6) is 0.573. The second-order valence-electron chi connectivity index (χ2n) is 7.72. The quantitative estimate of drug-likeness (QED) is 0.891. The van der Waals surface area contributed by atoms with Gasteiger partial charge in [0.1, 0.15) is 5.69 Å². The van der Waals surface area contributed by atoms with Crippen LogP contribution in [0.2, 0.25) is 0 Å². The van der Waals surface area contributed by atoms with Crippen LogP contribution < -0.4 is 5.73 Å². The monoisotopic (exact) mass is 369 g/mol. The molecule has 7 heteroatoms. The lowest BCUT2D eigenvalue weighted by Gasteiger charge is -2.37. The number of nitrogen functional groups attached to an aromatic ring is 1. The molecule has 144 valence electrons. The number of nitrogens with two attached hydrogens (primary N) is 1. The molecule has 2 aromatic rings. The molecule has 2 saturated heterocycles. The number of amides is 1. The van der Waals surface area contributed by atoms with E-state index in [1.54, 1.807) is 0 Å². The van der Waals surface area contributed by atoms with E-state index in [0.717, 1.165) is 25.9 Å². The minimum Gasteiger partial charge on any atom is -0.379 e. The average Bonchev–Trinajstić information content (AvgIpc) is 3.24. The van der Waals surface area contributed by atoms with Crippen molar-refractivity contribution in [3.05, 3.63) is 41.6 Å². The van der Waals surface area contributed by atoms with Gasteiger partial charge in [0.2, 0.25) is 5.91 Å². The van der Waals surface area contributed by atoms with Crippen molar-refractivity contribution < 1.29 is 9.42 Å². The fourth-order valence-corrected chi connectivity index (χ4v) is 4.75. The van der Waals surface area contributed by atoms with E-state index in [4.69, 9.17) is 5.73 Å². The predicted octanol–water partition coefficient (Wildman–Crippen LogP) is 2.06. The Morgan fingerprint density at radius 1 is 1.22 bits per heavy atom. The van der Waals surface area contributed by atoms with Gasteiger partial charge in [-0.1, -0.05) is 48.3 Å². The minimum absolute atomic E-state index is 0.0554. The van der Waals surface area contributed by atoms with Crippen LogP contribution in [0.15, 0.2) is 35.0 Å². The SMILES string of the molecule is CN1CCCCC[C@@H]2[C@@H]1[C@H](c1ccccc1)CN2C(=O)Cc1nonc1N. The Hall–Kier alpha value is -2.41. The van der Waals surface area contributed by atoms with E-state index in [1.165, 1.54) is 18.4 Å². The molecular formula is C20H27N5O2. The number of hydrogen-bond acceptors (Lipinski definition) is 6. The molecule has 4 rings (SSSR count). The molecule has 27 heavy (non-hydrogen) atoms. The van der Waals surface area contributed by atoms with Crippen LogP contribution in [0, 0.1) is 0 Å². The first kappa shape index (κ1) is 18.0. The standard InChI is InChI=1S/C20H27N5O2/c1-24-11-7-3-6-10-17-19(24)15(14-8-4-2-5-9-14)13-25(17)18(26)12-16-20(21)23-27-22-16/h2,4-5,8-9,15,17,19H,3,6-7,10-13H2,1H3,(H2,21,23)/t15-,17+,19-/m0/s1. The van der Waals surface area contributed by atoms with E-state index < -0.39 is 0 Å². The average molecular weight is 369 g/mol. The summed E-state index contributed by atoms with van der Waals surface area (Å²) in [6.45, 7) is 1.81. The molecule has 2 aliphatic rings. The summed E-state index contributed by atoms with van der Waals surface area (Å²) in [4.78, 5) is 17.7. The van der Waals surface area contributed by atoms with Gasteiger partial charge in [-0.15, -0.1) is 0 Å². The van der Waals surface area contributed by atoms with Crippen molar-refractivity contribution in [3.63, 3.8) is 0 Å². The van der Waals surface area contributed by atoms with Crippen LogP contribution in [0.25, 0.3) is 0 Å². The molecule has 0 spiro atoms. The Labute approximate surface area is 159 Å². The maximum atomic E-state index is 13.1. The normalized spacial score (nSPS) is 26.4. The van der Waals surface area contributed by atoms with Crippen LogP contribution in [0.4, 0.5) is 5.82 Å². The fourth-order valence-electron chi connectivity index (χ4n) is 4.75. The number of carbonyl (C=O) groups excluding carboxylic acids is 1. The number of likely N-dealkylation sites (tertiary alicyclic amines) is 2. The molecule has 3 heterocycles. The van der Waals surface area contributed by atoms with Crippen LogP contribution in [-0.4, -0.2) is 58.2 Å². The van der Waals surface area contributed by atoms with Crippen molar-refractivity contribution in [3.8, 4) is 0 Å². The number of fused-ring (bicyclic) bond motifs is 1. The summed E-state index contributed by atoms with van der Waals surface area (Å²) < 4.78 is 4.66. The van der Waals surface area contributed by atoms with Crippen LogP contribution in [0.1, 0.15) is 42.9 Å². The molecule has 2 fully saturated rings. The van der Waals surface area contributed by atoms with E-state index in [-0.39, 0.29) is 24.2 Å². The fraction of sp³-hybridized carbons (Fsp3) is 0.550. The minimum atomic E-state index is 0.0554. The number of benzene rings is 1. The smallest absolute Gasteiger partial charge is 0.229 e. The Bertz CT molecular complexity index is 778. The first-order chi connectivity index (χ1) is 13.1.